The molecule has 0 aromatic rings. The second-order valence-electron chi connectivity index (χ2n) is 6.07. The molecule has 1 spiro atoms. The lowest BCUT2D eigenvalue weighted by molar-refractivity contribution is -0.153. The largest absolute Gasteiger partial charge is 0.489 e. The van der Waals surface area contributed by atoms with Crippen molar-refractivity contribution in [3.8, 4) is 0 Å². The molecule has 22 heavy (non-hydrogen) atoms. The summed E-state index contributed by atoms with van der Waals surface area (Å²) in [4.78, 5) is 36.5. The van der Waals surface area contributed by atoms with Crippen LogP contribution in [0, 0.1) is 5.41 Å². The van der Waals surface area contributed by atoms with Gasteiger partial charge in [-0.3, -0.25) is 4.79 Å². The third-order valence-corrected chi connectivity index (χ3v) is 3.64. The highest BCUT2D eigenvalue weighted by Crippen LogP contribution is 2.42. The van der Waals surface area contributed by atoms with Crippen LogP contribution in [0.5, 0.6) is 0 Å². The average Bonchev–Trinajstić information content (AvgIpc) is 2.72. The van der Waals surface area contributed by atoms with E-state index >= 15 is 0 Å². The Morgan fingerprint density at radius 3 is 2.32 bits per heavy atom. The average molecular weight is 306 g/mol. The lowest BCUT2D eigenvalue weighted by Crippen LogP contribution is -2.43. The molecule has 0 saturated heterocycles. The molecular weight excluding hydrogens is 288 g/mol. The van der Waals surface area contributed by atoms with E-state index in [1.54, 1.807) is 6.08 Å². The maximum absolute atomic E-state index is 12.4. The van der Waals surface area contributed by atoms with Crippen LogP contribution in [0.1, 0.15) is 20.8 Å². The fourth-order valence-corrected chi connectivity index (χ4v) is 2.42. The first-order valence-electron chi connectivity index (χ1n) is 6.73. The quantitative estimate of drug-likeness (QED) is 0.719. The normalized spacial score (nSPS) is 24.5. The third kappa shape index (κ3) is 2.24. The molecule has 1 atom stereocenters. The summed E-state index contributed by atoms with van der Waals surface area (Å²) in [5.41, 5.74) is -1.57. The van der Waals surface area contributed by atoms with Gasteiger partial charge in [0.05, 0.1) is 14.2 Å². The van der Waals surface area contributed by atoms with Crippen LogP contribution in [-0.4, -0.2) is 37.5 Å². The Morgan fingerprint density at radius 1 is 1.18 bits per heavy atom. The number of methoxy groups -OCH3 is 2. The van der Waals surface area contributed by atoms with Crippen molar-refractivity contribution < 1.29 is 28.6 Å². The molecule has 1 aliphatic carbocycles. The Hall–Kier alpha value is -2.37. The molecule has 1 unspecified atom stereocenters. The predicted molar refractivity (Wildman–Crippen MR) is 76.6 cm³/mol. The van der Waals surface area contributed by atoms with Gasteiger partial charge in [-0.15, -0.1) is 0 Å². The monoisotopic (exact) mass is 306 g/mol. The fraction of sp³-hybridized carbons (Fsp3) is 0.438. The molecule has 2 aliphatic rings. The maximum atomic E-state index is 12.4. The molecule has 0 N–H and O–H groups in total. The summed E-state index contributed by atoms with van der Waals surface area (Å²) >= 11 is 0. The molecular formula is C16H18O6. The van der Waals surface area contributed by atoms with Gasteiger partial charge in [-0.05, 0) is 23.1 Å². The molecule has 6 heteroatoms. The molecule has 0 radical (unpaired) electrons. The maximum Gasteiger partial charge on any atom is 0.376 e. The van der Waals surface area contributed by atoms with Crippen molar-refractivity contribution in [3.63, 3.8) is 0 Å². The van der Waals surface area contributed by atoms with E-state index in [4.69, 9.17) is 14.2 Å². The van der Waals surface area contributed by atoms with E-state index < -0.39 is 23.3 Å². The predicted octanol–water partition coefficient (Wildman–Crippen LogP) is 1.47. The Bertz CT molecular complexity index is 644. The van der Waals surface area contributed by atoms with Gasteiger partial charge in [0.1, 0.15) is 5.57 Å². The van der Waals surface area contributed by atoms with Gasteiger partial charge in [0, 0.05) is 0 Å². The van der Waals surface area contributed by atoms with Crippen molar-refractivity contribution in [1.82, 2.24) is 0 Å². The third-order valence-electron chi connectivity index (χ3n) is 3.64. The van der Waals surface area contributed by atoms with Crippen LogP contribution in [0.2, 0.25) is 0 Å². The van der Waals surface area contributed by atoms with Crippen molar-refractivity contribution >= 4 is 17.7 Å². The highest BCUT2D eigenvalue weighted by atomic mass is 16.6. The van der Waals surface area contributed by atoms with Crippen molar-refractivity contribution in [3.05, 3.63) is 35.1 Å². The minimum Gasteiger partial charge on any atom is -0.489 e. The summed E-state index contributed by atoms with van der Waals surface area (Å²) in [7, 11) is 2.40. The molecule has 0 amide bonds. The van der Waals surface area contributed by atoms with Crippen molar-refractivity contribution in [2.75, 3.05) is 14.2 Å². The van der Waals surface area contributed by atoms with E-state index in [1.807, 2.05) is 20.8 Å². The smallest absolute Gasteiger partial charge is 0.376 e. The number of hydrogen-bond acceptors (Lipinski definition) is 6. The van der Waals surface area contributed by atoms with Gasteiger partial charge in [-0.2, -0.15) is 0 Å². The van der Waals surface area contributed by atoms with Crippen LogP contribution in [0.25, 0.3) is 0 Å². The Balaban J connectivity index is 2.70. The van der Waals surface area contributed by atoms with E-state index in [0.29, 0.717) is 0 Å². The number of allylic oxidation sites excluding steroid dienone is 2. The second-order valence-corrected chi connectivity index (χ2v) is 6.07. The first-order valence-corrected chi connectivity index (χ1v) is 6.73. The summed E-state index contributed by atoms with van der Waals surface area (Å²) in [6, 6.07) is 0. The summed E-state index contributed by atoms with van der Waals surface area (Å²) in [6.45, 7) is 5.84. The summed E-state index contributed by atoms with van der Waals surface area (Å²) in [5.74, 6) is -2.53. The minimum absolute atomic E-state index is 0.224. The number of esters is 2. The van der Waals surface area contributed by atoms with Gasteiger partial charge in [0.2, 0.25) is 17.1 Å². The van der Waals surface area contributed by atoms with Crippen molar-refractivity contribution in [1.29, 1.82) is 0 Å². The Kier molecular flexibility index (Phi) is 3.73. The molecule has 0 aromatic carbocycles. The highest BCUT2D eigenvalue weighted by molar-refractivity contribution is 6.17. The SMILES string of the molecule is COC(=O)C1=C(OC)C(=O)OC12C=C(C(C)(C)C)C=CC2=O. The van der Waals surface area contributed by atoms with E-state index in [0.717, 1.165) is 12.7 Å². The van der Waals surface area contributed by atoms with E-state index in [1.165, 1.54) is 19.3 Å². The van der Waals surface area contributed by atoms with Crippen LogP contribution < -0.4 is 0 Å². The van der Waals surface area contributed by atoms with Gasteiger partial charge in [-0.25, -0.2) is 9.59 Å². The number of carbonyl (C=O) groups excluding carboxylic acids is 3. The highest BCUT2D eigenvalue weighted by Gasteiger charge is 2.57. The second kappa shape index (κ2) is 5.12. The van der Waals surface area contributed by atoms with Gasteiger partial charge < -0.3 is 14.2 Å². The summed E-state index contributed by atoms with van der Waals surface area (Å²) in [5, 5.41) is 0. The van der Waals surface area contributed by atoms with E-state index in [2.05, 4.69) is 0 Å². The van der Waals surface area contributed by atoms with Crippen molar-refractivity contribution in [2.24, 2.45) is 5.41 Å². The number of rotatable bonds is 2. The molecule has 0 aromatic heterocycles. The lowest BCUT2D eigenvalue weighted by Gasteiger charge is -2.31. The molecule has 6 nitrogen and oxygen atoms in total. The van der Waals surface area contributed by atoms with Crippen LogP contribution >= 0.6 is 0 Å². The van der Waals surface area contributed by atoms with Crippen LogP contribution in [0.3, 0.4) is 0 Å². The molecule has 1 heterocycles. The molecule has 1 aliphatic heterocycles. The Morgan fingerprint density at radius 2 is 1.82 bits per heavy atom. The van der Waals surface area contributed by atoms with Gasteiger partial charge >= 0.3 is 11.9 Å². The number of ether oxygens (including phenoxy) is 3. The lowest BCUT2D eigenvalue weighted by atomic mass is 9.76. The standard InChI is InChI=1S/C16H18O6/c1-15(2,3)9-6-7-10(17)16(8-9)11(13(18)21-5)12(20-4)14(19)22-16/h6-8H,1-5H3. The molecule has 0 bridgehead atoms. The van der Waals surface area contributed by atoms with Crippen LogP contribution in [0.15, 0.2) is 35.1 Å². The summed E-state index contributed by atoms with van der Waals surface area (Å²) < 4.78 is 14.9. The zero-order valence-corrected chi connectivity index (χ0v) is 13.2. The first kappa shape index (κ1) is 16.0. The van der Waals surface area contributed by atoms with Gasteiger partial charge in [0.25, 0.3) is 0 Å². The molecule has 0 saturated carbocycles. The van der Waals surface area contributed by atoms with E-state index in [-0.39, 0.29) is 16.7 Å². The zero-order chi connectivity index (χ0) is 16.7. The van der Waals surface area contributed by atoms with Crippen LogP contribution in [-0.2, 0) is 28.6 Å². The molecule has 2 rings (SSSR count). The zero-order valence-electron chi connectivity index (χ0n) is 13.2. The van der Waals surface area contributed by atoms with Crippen molar-refractivity contribution in [2.45, 2.75) is 26.4 Å². The first-order chi connectivity index (χ1) is 10.2. The van der Waals surface area contributed by atoms with Crippen LogP contribution in [0.4, 0.5) is 0 Å². The number of carbonyl (C=O) groups is 3. The topological polar surface area (TPSA) is 78.9 Å². The fourth-order valence-electron chi connectivity index (χ4n) is 2.42. The molecule has 0 fully saturated rings. The Labute approximate surface area is 128 Å². The number of hydrogen-bond donors (Lipinski definition) is 0. The van der Waals surface area contributed by atoms with Gasteiger partial charge in [-0.1, -0.05) is 26.8 Å². The number of ketones is 1. The van der Waals surface area contributed by atoms with E-state index in [9.17, 15) is 14.4 Å². The molecule has 118 valence electrons. The van der Waals surface area contributed by atoms with Gasteiger partial charge in [0.15, 0.2) is 0 Å². The summed E-state index contributed by atoms with van der Waals surface area (Å²) in [6.07, 6.45) is 4.45. The minimum atomic E-state index is -1.81.